The Labute approximate surface area is 154 Å². The first-order valence-electron chi connectivity index (χ1n) is 8.12. The van der Waals surface area contributed by atoms with Gasteiger partial charge in [0.15, 0.2) is 6.10 Å². The van der Waals surface area contributed by atoms with Crippen LogP contribution in [-0.2, 0) is 15.7 Å². The standard InChI is InChI=1S/C19H18F3NO4/c1-3-26-18(25)12(2)27-16-9-7-13(8-10-16)17(24)23-15-6-4-5-14(11-15)19(20,21)22/h4-12H,3H2,1-2H3,(H,23,24)/t12-/m0/s1. The van der Waals surface area contributed by atoms with E-state index in [9.17, 15) is 22.8 Å². The van der Waals surface area contributed by atoms with Gasteiger partial charge >= 0.3 is 12.1 Å². The summed E-state index contributed by atoms with van der Waals surface area (Å²) in [4.78, 5) is 23.7. The lowest BCUT2D eigenvalue weighted by Gasteiger charge is -2.13. The van der Waals surface area contributed by atoms with Crippen molar-refractivity contribution in [2.24, 2.45) is 0 Å². The van der Waals surface area contributed by atoms with Gasteiger partial charge in [0.05, 0.1) is 12.2 Å². The molecular weight excluding hydrogens is 363 g/mol. The molecule has 0 aromatic heterocycles. The molecule has 1 amide bonds. The number of hydrogen-bond acceptors (Lipinski definition) is 4. The molecule has 0 spiro atoms. The number of halogens is 3. The van der Waals surface area contributed by atoms with E-state index in [1.165, 1.54) is 43.3 Å². The minimum Gasteiger partial charge on any atom is -0.479 e. The quantitative estimate of drug-likeness (QED) is 0.759. The van der Waals surface area contributed by atoms with E-state index in [0.717, 1.165) is 12.1 Å². The number of amides is 1. The Morgan fingerprint density at radius 2 is 1.78 bits per heavy atom. The maximum absolute atomic E-state index is 12.7. The zero-order valence-electron chi connectivity index (χ0n) is 14.7. The molecule has 2 aromatic rings. The lowest BCUT2D eigenvalue weighted by molar-refractivity contribution is -0.150. The van der Waals surface area contributed by atoms with Crippen LogP contribution in [0.2, 0.25) is 0 Å². The predicted octanol–water partition coefficient (Wildman–Crippen LogP) is 4.29. The van der Waals surface area contributed by atoms with Crippen LogP contribution in [0.15, 0.2) is 48.5 Å². The monoisotopic (exact) mass is 381 g/mol. The minimum absolute atomic E-state index is 0.0334. The Hall–Kier alpha value is -3.03. The first-order chi connectivity index (χ1) is 12.7. The summed E-state index contributed by atoms with van der Waals surface area (Å²) >= 11 is 0. The van der Waals surface area contributed by atoms with Crippen molar-refractivity contribution in [3.63, 3.8) is 0 Å². The zero-order valence-corrected chi connectivity index (χ0v) is 14.7. The molecular formula is C19H18F3NO4. The van der Waals surface area contributed by atoms with Crippen LogP contribution in [0.3, 0.4) is 0 Å². The summed E-state index contributed by atoms with van der Waals surface area (Å²) in [6, 6.07) is 10.2. The van der Waals surface area contributed by atoms with Crippen LogP contribution in [0.4, 0.5) is 18.9 Å². The third-order valence-corrected chi connectivity index (χ3v) is 3.50. The van der Waals surface area contributed by atoms with E-state index >= 15 is 0 Å². The largest absolute Gasteiger partial charge is 0.479 e. The van der Waals surface area contributed by atoms with Crippen LogP contribution >= 0.6 is 0 Å². The normalized spacial score (nSPS) is 12.2. The van der Waals surface area contributed by atoms with Crippen molar-refractivity contribution in [1.29, 1.82) is 0 Å². The van der Waals surface area contributed by atoms with Gasteiger partial charge in [-0.05, 0) is 56.3 Å². The summed E-state index contributed by atoms with van der Waals surface area (Å²) < 4.78 is 48.4. The van der Waals surface area contributed by atoms with Gasteiger partial charge in [-0.25, -0.2) is 4.79 Å². The topological polar surface area (TPSA) is 64.6 Å². The molecule has 8 heteroatoms. The Kier molecular flexibility index (Phi) is 6.44. The molecule has 0 heterocycles. The van der Waals surface area contributed by atoms with Gasteiger partial charge < -0.3 is 14.8 Å². The summed E-state index contributed by atoms with van der Waals surface area (Å²) in [5.74, 6) is -0.727. The van der Waals surface area contributed by atoms with Crippen molar-refractivity contribution in [1.82, 2.24) is 0 Å². The van der Waals surface area contributed by atoms with Crippen molar-refractivity contribution in [3.8, 4) is 5.75 Å². The molecule has 5 nitrogen and oxygen atoms in total. The van der Waals surface area contributed by atoms with E-state index < -0.39 is 29.7 Å². The Balaban J connectivity index is 2.03. The summed E-state index contributed by atoms with van der Waals surface area (Å²) in [6.07, 6.45) is -5.30. The molecule has 0 aliphatic rings. The summed E-state index contributed by atoms with van der Waals surface area (Å²) in [6.45, 7) is 3.45. The Bertz CT molecular complexity index is 803. The van der Waals surface area contributed by atoms with Crippen LogP contribution in [-0.4, -0.2) is 24.6 Å². The van der Waals surface area contributed by atoms with Gasteiger partial charge in [-0.1, -0.05) is 6.07 Å². The third kappa shape index (κ3) is 5.73. The van der Waals surface area contributed by atoms with Gasteiger partial charge in [-0.15, -0.1) is 0 Å². The molecule has 0 aliphatic heterocycles. The lowest BCUT2D eigenvalue weighted by atomic mass is 10.1. The maximum atomic E-state index is 12.7. The van der Waals surface area contributed by atoms with Crippen LogP contribution < -0.4 is 10.1 Å². The SMILES string of the molecule is CCOC(=O)[C@H](C)Oc1ccc(C(=O)Nc2cccc(C(F)(F)F)c2)cc1. The molecule has 0 bridgehead atoms. The highest BCUT2D eigenvalue weighted by Gasteiger charge is 2.30. The average Bonchev–Trinajstić information content (AvgIpc) is 2.62. The second-order valence-corrected chi connectivity index (χ2v) is 5.57. The van der Waals surface area contributed by atoms with Gasteiger partial charge in [-0.2, -0.15) is 13.2 Å². The Morgan fingerprint density at radius 1 is 1.11 bits per heavy atom. The second-order valence-electron chi connectivity index (χ2n) is 5.57. The number of esters is 1. The second kappa shape index (κ2) is 8.57. The number of anilines is 1. The fourth-order valence-corrected chi connectivity index (χ4v) is 2.17. The molecule has 1 atom stereocenters. The van der Waals surface area contributed by atoms with E-state index in [-0.39, 0.29) is 17.9 Å². The highest BCUT2D eigenvalue weighted by molar-refractivity contribution is 6.04. The van der Waals surface area contributed by atoms with E-state index in [1.54, 1.807) is 6.92 Å². The number of hydrogen-bond donors (Lipinski definition) is 1. The lowest BCUT2D eigenvalue weighted by Crippen LogP contribution is -2.26. The van der Waals surface area contributed by atoms with Crippen LogP contribution in [0.25, 0.3) is 0 Å². The van der Waals surface area contributed by atoms with Crippen LogP contribution in [0.1, 0.15) is 29.8 Å². The van der Waals surface area contributed by atoms with Gasteiger partial charge in [0.1, 0.15) is 5.75 Å². The molecule has 0 saturated heterocycles. The van der Waals surface area contributed by atoms with Crippen molar-refractivity contribution in [2.75, 3.05) is 11.9 Å². The first-order valence-corrected chi connectivity index (χ1v) is 8.12. The van der Waals surface area contributed by atoms with Gasteiger partial charge in [-0.3, -0.25) is 4.79 Å². The summed E-state index contributed by atoms with van der Waals surface area (Å²) in [7, 11) is 0. The smallest absolute Gasteiger partial charge is 0.416 e. The number of alkyl halides is 3. The average molecular weight is 381 g/mol. The van der Waals surface area contributed by atoms with E-state index in [2.05, 4.69) is 5.32 Å². The summed E-state index contributed by atoms with van der Waals surface area (Å²) in [5.41, 5.74) is -0.591. The zero-order chi connectivity index (χ0) is 20.0. The highest BCUT2D eigenvalue weighted by atomic mass is 19.4. The number of ether oxygens (including phenoxy) is 2. The van der Waals surface area contributed by atoms with Crippen LogP contribution in [0, 0.1) is 0 Å². The molecule has 2 rings (SSSR count). The van der Waals surface area contributed by atoms with E-state index in [4.69, 9.17) is 9.47 Å². The number of carbonyl (C=O) groups excluding carboxylic acids is 2. The fourth-order valence-electron chi connectivity index (χ4n) is 2.17. The molecule has 0 unspecified atom stereocenters. The predicted molar refractivity (Wildman–Crippen MR) is 92.6 cm³/mol. The van der Waals surface area contributed by atoms with Crippen molar-refractivity contribution < 1.29 is 32.2 Å². The number of benzene rings is 2. The first kappa shape index (κ1) is 20.3. The molecule has 0 aliphatic carbocycles. The molecule has 27 heavy (non-hydrogen) atoms. The van der Waals surface area contributed by atoms with E-state index in [0.29, 0.717) is 5.75 Å². The number of nitrogens with one attached hydrogen (secondary N) is 1. The van der Waals surface area contributed by atoms with Gasteiger partial charge in [0.25, 0.3) is 5.91 Å². The molecule has 0 fully saturated rings. The van der Waals surface area contributed by atoms with Crippen molar-refractivity contribution in [3.05, 3.63) is 59.7 Å². The molecule has 2 aromatic carbocycles. The molecule has 0 radical (unpaired) electrons. The van der Waals surface area contributed by atoms with Crippen molar-refractivity contribution in [2.45, 2.75) is 26.1 Å². The van der Waals surface area contributed by atoms with E-state index in [1.807, 2.05) is 0 Å². The van der Waals surface area contributed by atoms with Crippen LogP contribution in [0.5, 0.6) is 5.75 Å². The molecule has 0 saturated carbocycles. The van der Waals surface area contributed by atoms with Gasteiger partial charge in [0.2, 0.25) is 0 Å². The van der Waals surface area contributed by atoms with Gasteiger partial charge in [0, 0.05) is 11.3 Å². The molecule has 1 N–H and O–H groups in total. The molecule has 144 valence electrons. The highest BCUT2D eigenvalue weighted by Crippen LogP contribution is 2.30. The number of rotatable bonds is 6. The minimum atomic E-state index is -4.49. The Morgan fingerprint density at radius 3 is 2.37 bits per heavy atom. The fraction of sp³-hybridized carbons (Fsp3) is 0.263. The third-order valence-electron chi connectivity index (χ3n) is 3.50. The summed E-state index contributed by atoms with van der Waals surface area (Å²) in [5, 5.41) is 2.41. The van der Waals surface area contributed by atoms with Crippen molar-refractivity contribution >= 4 is 17.6 Å². The maximum Gasteiger partial charge on any atom is 0.416 e. The number of carbonyl (C=O) groups is 2.